The van der Waals surface area contributed by atoms with E-state index in [1.165, 1.54) is 24.1 Å². The number of aliphatic hydroxyl groups excluding tert-OH is 1. The van der Waals surface area contributed by atoms with Crippen molar-refractivity contribution in [1.29, 1.82) is 0 Å². The Balaban J connectivity index is 2.30. The fourth-order valence-electron chi connectivity index (χ4n) is 2.74. The summed E-state index contributed by atoms with van der Waals surface area (Å²) in [5, 5.41) is 9.26. The Morgan fingerprint density at radius 2 is 2.15 bits per heavy atom. The zero-order valence-electron chi connectivity index (χ0n) is 12.3. The maximum atomic E-state index is 9.26. The summed E-state index contributed by atoms with van der Waals surface area (Å²) in [6, 6.07) is 2.20. The van der Waals surface area contributed by atoms with Gasteiger partial charge in [-0.25, -0.2) is 4.98 Å². The van der Waals surface area contributed by atoms with Crippen molar-refractivity contribution in [1.82, 2.24) is 4.98 Å². The fourth-order valence-corrected chi connectivity index (χ4v) is 2.74. The molecule has 0 saturated heterocycles. The van der Waals surface area contributed by atoms with E-state index in [1.54, 1.807) is 7.11 Å². The van der Waals surface area contributed by atoms with Crippen LogP contribution < -0.4 is 10.6 Å². The first-order valence-electron chi connectivity index (χ1n) is 7.36. The van der Waals surface area contributed by atoms with Crippen LogP contribution in [0.15, 0.2) is 6.07 Å². The molecule has 112 valence electrons. The first kappa shape index (κ1) is 15.2. The molecule has 0 unspecified atom stereocenters. The Morgan fingerprint density at radius 1 is 1.35 bits per heavy atom. The second-order valence-electron chi connectivity index (χ2n) is 5.19. The molecule has 1 heterocycles. The molecule has 0 atom stereocenters. The maximum Gasteiger partial charge on any atom is 0.133 e. The van der Waals surface area contributed by atoms with Crippen molar-refractivity contribution >= 4 is 5.82 Å². The molecule has 5 nitrogen and oxygen atoms in total. The number of aliphatic hydroxyl groups is 1. The molecule has 0 amide bonds. The molecule has 1 aliphatic carbocycles. The van der Waals surface area contributed by atoms with Gasteiger partial charge in [0, 0.05) is 38.0 Å². The van der Waals surface area contributed by atoms with E-state index in [1.807, 2.05) is 0 Å². The van der Waals surface area contributed by atoms with Crippen molar-refractivity contribution in [2.24, 2.45) is 5.73 Å². The fraction of sp³-hybridized carbons (Fsp3) is 0.667. The van der Waals surface area contributed by atoms with Crippen LogP contribution >= 0.6 is 0 Å². The Kier molecular flexibility index (Phi) is 5.76. The highest BCUT2D eigenvalue weighted by molar-refractivity contribution is 5.50. The molecule has 0 saturated carbocycles. The van der Waals surface area contributed by atoms with Gasteiger partial charge in [0.2, 0.25) is 0 Å². The monoisotopic (exact) mass is 279 g/mol. The molecular weight excluding hydrogens is 254 g/mol. The largest absolute Gasteiger partial charge is 0.395 e. The highest BCUT2D eigenvalue weighted by Gasteiger charge is 2.18. The van der Waals surface area contributed by atoms with Gasteiger partial charge in [0.25, 0.3) is 0 Å². The molecule has 0 fully saturated rings. The van der Waals surface area contributed by atoms with E-state index in [4.69, 9.17) is 15.5 Å². The average Bonchev–Trinajstić information content (AvgIpc) is 2.50. The molecule has 20 heavy (non-hydrogen) atoms. The molecule has 0 aliphatic heterocycles. The molecule has 1 aromatic heterocycles. The van der Waals surface area contributed by atoms with Gasteiger partial charge in [0.1, 0.15) is 5.82 Å². The van der Waals surface area contributed by atoms with Crippen LogP contribution in [0, 0.1) is 0 Å². The number of rotatable bonds is 7. The lowest BCUT2D eigenvalue weighted by atomic mass is 9.94. The quantitative estimate of drug-likeness (QED) is 0.775. The average molecular weight is 279 g/mol. The molecule has 1 aliphatic rings. The minimum atomic E-state index is 0.104. The third-order valence-electron chi connectivity index (χ3n) is 3.81. The van der Waals surface area contributed by atoms with Gasteiger partial charge in [-0.2, -0.15) is 0 Å². The van der Waals surface area contributed by atoms with Gasteiger partial charge in [0.15, 0.2) is 0 Å². The minimum Gasteiger partial charge on any atom is -0.395 e. The number of hydrogen-bond donors (Lipinski definition) is 2. The number of nitrogens with two attached hydrogens (primary N) is 1. The van der Waals surface area contributed by atoms with E-state index < -0.39 is 0 Å². The summed E-state index contributed by atoms with van der Waals surface area (Å²) < 4.78 is 5.14. The number of pyridine rings is 1. The van der Waals surface area contributed by atoms with Gasteiger partial charge in [-0.1, -0.05) is 0 Å². The van der Waals surface area contributed by atoms with Crippen molar-refractivity contribution in [3.63, 3.8) is 0 Å². The SMILES string of the molecule is COCCN(CCO)c1nc2c(cc1CN)CCCC2. The molecule has 0 spiro atoms. The summed E-state index contributed by atoms with van der Waals surface area (Å²) in [5.41, 5.74) is 9.49. The lowest BCUT2D eigenvalue weighted by Crippen LogP contribution is -2.32. The summed E-state index contributed by atoms with van der Waals surface area (Å²) in [5.74, 6) is 0.916. The number of ether oxygens (including phenoxy) is 1. The van der Waals surface area contributed by atoms with E-state index in [0.29, 0.717) is 19.7 Å². The maximum absolute atomic E-state index is 9.26. The van der Waals surface area contributed by atoms with E-state index >= 15 is 0 Å². The van der Waals surface area contributed by atoms with Gasteiger partial charge in [-0.05, 0) is 37.3 Å². The molecule has 5 heteroatoms. The lowest BCUT2D eigenvalue weighted by Gasteiger charge is -2.27. The molecule has 0 bridgehead atoms. The number of aryl methyl sites for hydroxylation is 2. The minimum absolute atomic E-state index is 0.104. The number of methoxy groups -OCH3 is 1. The molecule has 2 rings (SSSR count). The summed E-state index contributed by atoms with van der Waals surface area (Å²) >= 11 is 0. The topological polar surface area (TPSA) is 71.6 Å². The summed E-state index contributed by atoms with van der Waals surface area (Å²) in [7, 11) is 1.68. The van der Waals surface area contributed by atoms with Crippen LogP contribution in [0.1, 0.15) is 29.7 Å². The van der Waals surface area contributed by atoms with Gasteiger partial charge in [-0.15, -0.1) is 0 Å². The van der Waals surface area contributed by atoms with Gasteiger partial charge < -0.3 is 20.5 Å². The van der Waals surface area contributed by atoms with E-state index in [0.717, 1.165) is 30.8 Å². The first-order chi connectivity index (χ1) is 9.80. The third-order valence-corrected chi connectivity index (χ3v) is 3.81. The van der Waals surface area contributed by atoms with Crippen molar-refractivity contribution in [3.05, 3.63) is 22.9 Å². The number of hydrogen-bond acceptors (Lipinski definition) is 5. The highest BCUT2D eigenvalue weighted by atomic mass is 16.5. The van der Waals surface area contributed by atoms with Crippen LogP contribution in [0.3, 0.4) is 0 Å². The normalized spacial score (nSPS) is 14.2. The molecule has 0 aromatic carbocycles. The Bertz CT molecular complexity index is 437. The zero-order chi connectivity index (χ0) is 14.4. The van der Waals surface area contributed by atoms with Gasteiger partial charge >= 0.3 is 0 Å². The van der Waals surface area contributed by atoms with Crippen LogP contribution in [-0.4, -0.2) is 43.5 Å². The Labute approximate surface area is 120 Å². The van der Waals surface area contributed by atoms with Crippen molar-refractivity contribution in [3.8, 4) is 0 Å². The van der Waals surface area contributed by atoms with Gasteiger partial charge in [-0.3, -0.25) is 0 Å². The summed E-state index contributed by atoms with van der Waals surface area (Å²) in [6.45, 7) is 2.47. The predicted molar refractivity (Wildman–Crippen MR) is 79.9 cm³/mol. The molecule has 3 N–H and O–H groups in total. The van der Waals surface area contributed by atoms with Gasteiger partial charge in [0.05, 0.1) is 13.2 Å². The van der Waals surface area contributed by atoms with Crippen molar-refractivity contribution in [2.45, 2.75) is 32.2 Å². The second kappa shape index (κ2) is 7.57. The number of aromatic nitrogens is 1. The van der Waals surface area contributed by atoms with Crippen molar-refractivity contribution in [2.75, 3.05) is 38.3 Å². The van der Waals surface area contributed by atoms with Crippen LogP contribution in [0.4, 0.5) is 5.82 Å². The Hall–Kier alpha value is -1.17. The van der Waals surface area contributed by atoms with Crippen molar-refractivity contribution < 1.29 is 9.84 Å². The molecular formula is C15H25N3O2. The standard InChI is InChI=1S/C15H25N3O2/c1-20-9-7-18(6-8-19)15-13(11-16)10-12-4-2-3-5-14(12)17-15/h10,19H,2-9,11,16H2,1H3. The first-order valence-corrected chi connectivity index (χ1v) is 7.36. The highest BCUT2D eigenvalue weighted by Crippen LogP contribution is 2.26. The predicted octanol–water partition coefficient (Wildman–Crippen LogP) is 0.864. The second-order valence-corrected chi connectivity index (χ2v) is 5.19. The molecule has 0 radical (unpaired) electrons. The molecule has 1 aromatic rings. The third kappa shape index (κ3) is 3.48. The number of fused-ring (bicyclic) bond motifs is 1. The van der Waals surface area contributed by atoms with Crippen LogP contribution in [0.2, 0.25) is 0 Å². The lowest BCUT2D eigenvalue weighted by molar-refractivity contribution is 0.202. The Morgan fingerprint density at radius 3 is 2.85 bits per heavy atom. The number of anilines is 1. The summed E-state index contributed by atoms with van der Waals surface area (Å²) in [4.78, 5) is 6.91. The van der Waals surface area contributed by atoms with E-state index in [2.05, 4.69) is 11.0 Å². The van der Waals surface area contributed by atoms with E-state index in [-0.39, 0.29) is 6.61 Å². The van der Waals surface area contributed by atoms with Crippen LogP contribution in [-0.2, 0) is 24.1 Å². The number of nitrogens with zero attached hydrogens (tertiary/aromatic N) is 2. The zero-order valence-corrected chi connectivity index (χ0v) is 12.3. The van der Waals surface area contributed by atoms with Crippen LogP contribution in [0.5, 0.6) is 0 Å². The smallest absolute Gasteiger partial charge is 0.133 e. The van der Waals surface area contributed by atoms with Crippen LogP contribution in [0.25, 0.3) is 0 Å². The van der Waals surface area contributed by atoms with E-state index in [9.17, 15) is 5.11 Å². The summed E-state index contributed by atoms with van der Waals surface area (Å²) in [6.07, 6.45) is 4.60.